The van der Waals surface area contributed by atoms with Crippen molar-refractivity contribution >= 4 is 5.91 Å². The van der Waals surface area contributed by atoms with E-state index in [1.807, 2.05) is 40.0 Å². The minimum atomic E-state index is 0.00940. The van der Waals surface area contributed by atoms with E-state index in [-0.39, 0.29) is 17.9 Å². The summed E-state index contributed by atoms with van der Waals surface area (Å²) in [5, 5.41) is 4.27. The Morgan fingerprint density at radius 3 is 2.71 bits per heavy atom. The molecule has 5 heteroatoms. The average molecular weight is 284 g/mol. The van der Waals surface area contributed by atoms with Gasteiger partial charge in [-0.05, 0) is 24.1 Å². The Morgan fingerprint density at radius 2 is 2.10 bits per heavy atom. The van der Waals surface area contributed by atoms with Crippen molar-refractivity contribution < 1.29 is 4.79 Å². The Morgan fingerprint density at radius 1 is 1.29 bits per heavy atom. The van der Waals surface area contributed by atoms with Crippen LogP contribution in [0.3, 0.4) is 0 Å². The highest BCUT2D eigenvalue weighted by Crippen LogP contribution is 2.29. The lowest BCUT2D eigenvalue weighted by Crippen LogP contribution is -2.33. The molecule has 0 saturated carbocycles. The summed E-state index contributed by atoms with van der Waals surface area (Å²) < 4.78 is 1.88. The van der Waals surface area contributed by atoms with Gasteiger partial charge >= 0.3 is 0 Å². The SMILES string of the molecule is NCC1CC(=O)N(C(Cn2cccn2)c2ccccc2)C1. The molecule has 21 heavy (non-hydrogen) atoms. The van der Waals surface area contributed by atoms with E-state index in [9.17, 15) is 4.79 Å². The van der Waals surface area contributed by atoms with Crippen molar-refractivity contribution in [2.45, 2.75) is 19.0 Å². The number of nitrogens with two attached hydrogens (primary N) is 1. The summed E-state index contributed by atoms with van der Waals surface area (Å²) >= 11 is 0. The molecule has 1 aromatic heterocycles. The number of aromatic nitrogens is 2. The summed E-state index contributed by atoms with van der Waals surface area (Å²) in [6.45, 7) is 1.96. The standard InChI is InChI=1S/C16H20N4O/c17-10-13-9-16(21)20(11-13)15(12-19-8-4-7-18-19)14-5-2-1-3-6-14/h1-8,13,15H,9-12,17H2. The summed E-state index contributed by atoms with van der Waals surface area (Å²) in [7, 11) is 0. The third-order valence-corrected chi connectivity index (χ3v) is 4.05. The summed E-state index contributed by atoms with van der Waals surface area (Å²) in [5.74, 6) is 0.452. The van der Waals surface area contributed by atoms with Gasteiger partial charge in [-0.2, -0.15) is 5.10 Å². The van der Waals surface area contributed by atoms with Crippen LogP contribution in [0.5, 0.6) is 0 Å². The van der Waals surface area contributed by atoms with E-state index < -0.39 is 0 Å². The maximum Gasteiger partial charge on any atom is 0.223 e. The molecule has 2 aromatic rings. The largest absolute Gasteiger partial charge is 0.333 e. The third-order valence-electron chi connectivity index (χ3n) is 4.05. The second-order valence-electron chi connectivity index (χ2n) is 5.51. The first-order valence-corrected chi connectivity index (χ1v) is 7.30. The van der Waals surface area contributed by atoms with E-state index in [2.05, 4.69) is 17.2 Å². The summed E-state index contributed by atoms with van der Waals surface area (Å²) in [6, 6.07) is 12.0. The molecule has 0 spiro atoms. The number of rotatable bonds is 5. The van der Waals surface area contributed by atoms with Crippen molar-refractivity contribution in [2.75, 3.05) is 13.1 Å². The zero-order valence-corrected chi connectivity index (χ0v) is 11.9. The molecule has 2 N–H and O–H groups in total. The molecule has 0 bridgehead atoms. The molecule has 2 heterocycles. The summed E-state index contributed by atoms with van der Waals surface area (Å²) in [6.07, 6.45) is 4.24. The van der Waals surface area contributed by atoms with Crippen LogP contribution in [0.2, 0.25) is 0 Å². The van der Waals surface area contributed by atoms with Gasteiger partial charge in [0.1, 0.15) is 0 Å². The molecule has 2 atom stereocenters. The number of carbonyl (C=O) groups is 1. The fourth-order valence-corrected chi connectivity index (χ4v) is 2.91. The number of amides is 1. The second-order valence-corrected chi connectivity index (χ2v) is 5.51. The normalized spacial score (nSPS) is 20.0. The predicted octanol–water partition coefficient (Wildman–Crippen LogP) is 1.43. The van der Waals surface area contributed by atoms with Crippen LogP contribution in [0.4, 0.5) is 0 Å². The Bertz CT molecular complexity index is 582. The fraction of sp³-hybridized carbons (Fsp3) is 0.375. The number of hydrogen-bond acceptors (Lipinski definition) is 3. The molecule has 2 unspecified atom stereocenters. The van der Waals surface area contributed by atoms with Gasteiger partial charge in [0.05, 0.1) is 12.6 Å². The summed E-state index contributed by atoms with van der Waals surface area (Å²) in [5.41, 5.74) is 6.87. The molecule has 0 radical (unpaired) electrons. The van der Waals surface area contributed by atoms with Crippen LogP contribution in [0, 0.1) is 5.92 Å². The quantitative estimate of drug-likeness (QED) is 0.903. The zero-order chi connectivity index (χ0) is 14.7. The maximum atomic E-state index is 12.3. The Labute approximate surface area is 124 Å². The van der Waals surface area contributed by atoms with E-state index in [4.69, 9.17) is 5.73 Å². The van der Waals surface area contributed by atoms with Crippen molar-refractivity contribution in [3.8, 4) is 0 Å². The first kappa shape index (κ1) is 13.8. The van der Waals surface area contributed by atoms with Gasteiger partial charge < -0.3 is 10.6 Å². The molecular formula is C16H20N4O. The molecule has 110 valence electrons. The molecular weight excluding hydrogens is 264 g/mol. The van der Waals surface area contributed by atoms with Gasteiger partial charge in [-0.1, -0.05) is 30.3 Å². The first-order chi connectivity index (χ1) is 10.3. The number of hydrogen-bond donors (Lipinski definition) is 1. The number of likely N-dealkylation sites (tertiary alicyclic amines) is 1. The lowest BCUT2D eigenvalue weighted by Gasteiger charge is -2.28. The predicted molar refractivity (Wildman–Crippen MR) is 80.3 cm³/mol. The van der Waals surface area contributed by atoms with Gasteiger partial charge in [0, 0.05) is 25.4 Å². The van der Waals surface area contributed by atoms with Gasteiger partial charge in [-0.3, -0.25) is 9.48 Å². The topological polar surface area (TPSA) is 64.2 Å². The van der Waals surface area contributed by atoms with E-state index in [1.54, 1.807) is 6.20 Å². The lowest BCUT2D eigenvalue weighted by atomic mass is 10.1. The molecule has 1 fully saturated rings. The lowest BCUT2D eigenvalue weighted by molar-refractivity contribution is -0.130. The van der Waals surface area contributed by atoms with Gasteiger partial charge in [0.2, 0.25) is 5.91 Å². The molecule has 3 rings (SSSR count). The van der Waals surface area contributed by atoms with Crippen LogP contribution in [-0.4, -0.2) is 33.7 Å². The maximum absolute atomic E-state index is 12.3. The van der Waals surface area contributed by atoms with Crippen molar-refractivity contribution in [1.29, 1.82) is 0 Å². The molecule has 1 aliphatic heterocycles. The molecule has 5 nitrogen and oxygen atoms in total. The highest BCUT2D eigenvalue weighted by molar-refractivity contribution is 5.79. The Kier molecular flexibility index (Phi) is 4.01. The smallest absolute Gasteiger partial charge is 0.223 e. The van der Waals surface area contributed by atoms with E-state index in [0.29, 0.717) is 19.5 Å². The number of carbonyl (C=O) groups excluding carboxylic acids is 1. The Balaban J connectivity index is 1.87. The van der Waals surface area contributed by atoms with E-state index >= 15 is 0 Å². The molecule has 1 aromatic carbocycles. The highest BCUT2D eigenvalue weighted by Gasteiger charge is 2.34. The van der Waals surface area contributed by atoms with Gasteiger partial charge in [0.15, 0.2) is 0 Å². The second kappa shape index (κ2) is 6.10. The van der Waals surface area contributed by atoms with Crippen molar-refractivity contribution in [3.63, 3.8) is 0 Å². The fourth-order valence-electron chi connectivity index (χ4n) is 2.91. The minimum Gasteiger partial charge on any atom is -0.333 e. The van der Waals surface area contributed by atoms with E-state index in [0.717, 1.165) is 12.1 Å². The van der Waals surface area contributed by atoms with Gasteiger partial charge in [0.25, 0.3) is 0 Å². The minimum absolute atomic E-state index is 0.00940. The third kappa shape index (κ3) is 2.97. The van der Waals surface area contributed by atoms with Crippen LogP contribution in [0.15, 0.2) is 48.8 Å². The Hall–Kier alpha value is -2.14. The van der Waals surface area contributed by atoms with Crippen molar-refractivity contribution in [1.82, 2.24) is 14.7 Å². The van der Waals surface area contributed by atoms with Crippen molar-refractivity contribution in [3.05, 3.63) is 54.4 Å². The number of benzene rings is 1. The molecule has 1 aliphatic rings. The number of nitrogens with zero attached hydrogens (tertiary/aromatic N) is 3. The highest BCUT2D eigenvalue weighted by atomic mass is 16.2. The van der Waals surface area contributed by atoms with E-state index in [1.165, 1.54) is 0 Å². The van der Waals surface area contributed by atoms with Gasteiger partial charge in [-0.15, -0.1) is 0 Å². The van der Waals surface area contributed by atoms with Gasteiger partial charge in [-0.25, -0.2) is 0 Å². The van der Waals surface area contributed by atoms with Crippen molar-refractivity contribution in [2.24, 2.45) is 11.7 Å². The molecule has 1 amide bonds. The molecule has 0 aliphatic carbocycles. The van der Waals surface area contributed by atoms with Crippen LogP contribution in [0.1, 0.15) is 18.0 Å². The average Bonchev–Trinajstić information content (AvgIpc) is 3.15. The van der Waals surface area contributed by atoms with Crippen LogP contribution < -0.4 is 5.73 Å². The first-order valence-electron chi connectivity index (χ1n) is 7.30. The zero-order valence-electron chi connectivity index (χ0n) is 11.9. The monoisotopic (exact) mass is 284 g/mol. The van der Waals surface area contributed by atoms with Crippen LogP contribution in [-0.2, 0) is 11.3 Å². The van der Waals surface area contributed by atoms with Crippen LogP contribution >= 0.6 is 0 Å². The summed E-state index contributed by atoms with van der Waals surface area (Å²) in [4.78, 5) is 14.3. The van der Waals surface area contributed by atoms with Crippen LogP contribution in [0.25, 0.3) is 0 Å². The molecule has 1 saturated heterocycles.